The first-order valence-electron chi connectivity index (χ1n) is 18.3. The van der Waals surface area contributed by atoms with Crippen LogP contribution in [0.25, 0.3) is 11.1 Å². The Balaban J connectivity index is 0. The molecule has 3 aromatic carbocycles. The summed E-state index contributed by atoms with van der Waals surface area (Å²) in [7, 11) is 0. The van der Waals surface area contributed by atoms with Crippen molar-refractivity contribution in [1.29, 1.82) is 0 Å². The van der Waals surface area contributed by atoms with Crippen molar-refractivity contribution in [2.24, 2.45) is 11.3 Å². The average molecular weight is 823 g/mol. The van der Waals surface area contributed by atoms with Crippen LogP contribution in [0.1, 0.15) is 157 Å². The van der Waals surface area contributed by atoms with Gasteiger partial charge in [-0.1, -0.05) is 158 Å². The zero-order valence-corrected chi connectivity index (χ0v) is 40.1. The number of halogens is 2. The van der Waals surface area contributed by atoms with E-state index in [2.05, 4.69) is 164 Å². The van der Waals surface area contributed by atoms with Gasteiger partial charge >= 0.3 is 28.4 Å². The van der Waals surface area contributed by atoms with Gasteiger partial charge in [0.2, 0.25) is 0 Å². The van der Waals surface area contributed by atoms with Crippen molar-refractivity contribution >= 4 is 29.0 Å². The first-order valence-corrected chi connectivity index (χ1v) is 20.0. The standard InChI is InChI=1S/C29H41.C12H19.C6H5.CH3.CH2.2ClH.Zr/c1-26(2,3)22-14-18-13-19-15-23(27(4,5)6)25(29(10,11)12)17-21(19)20(18)16-24(22)28(7,8)9;1-5-6-10-7-8-11(9-10)12(2,3)4;1-2-4-6-5-3-1;;;;;/h14,16-17H,13H2,1-12H3;8-10H,5-6H2,1-4H3;1-5H;1H3;1H2;2*1H;/q4*-1;;;;. The first kappa shape index (κ1) is 52.6. The van der Waals surface area contributed by atoms with Crippen LogP contribution in [-0.4, -0.2) is 4.21 Å². The zero-order valence-electron chi connectivity index (χ0n) is 36.0. The number of benzene rings is 3. The second-order valence-corrected chi connectivity index (χ2v) is 18.8. The van der Waals surface area contributed by atoms with Gasteiger partial charge in [0.05, 0.1) is 0 Å². The number of hydrogen-bond acceptors (Lipinski definition) is 0. The maximum Gasteiger partial charge on any atom is -0.171 e. The second-order valence-electron chi connectivity index (χ2n) is 18.8. The van der Waals surface area contributed by atoms with E-state index in [1.807, 2.05) is 30.3 Å². The summed E-state index contributed by atoms with van der Waals surface area (Å²) in [6, 6.07) is 23.9. The molecule has 2 aliphatic rings. The normalized spacial score (nSPS) is 14.5. The van der Waals surface area contributed by atoms with Crippen LogP contribution in [0.5, 0.6) is 0 Å². The van der Waals surface area contributed by atoms with Crippen LogP contribution in [0.3, 0.4) is 0 Å². The average Bonchev–Trinajstić information content (AvgIpc) is 3.61. The molecular formula is C49H72Cl2Zr-4. The van der Waals surface area contributed by atoms with E-state index in [4.69, 9.17) is 0 Å². The van der Waals surface area contributed by atoms with Gasteiger partial charge in [0.1, 0.15) is 0 Å². The van der Waals surface area contributed by atoms with Gasteiger partial charge in [-0.05, 0) is 39.4 Å². The molecule has 0 radical (unpaired) electrons. The SMILES string of the molecule is CC(C)(C)c1[c-]c2c(cc1C(C)(C)C)-c1cc(C(C)(C)C)c(C(C)(C)C)cc1C2.CCCC1[C-]=CC(C(C)(C)C)=C1.Cl.Cl.[CH2]=[Zr].[CH3-].[c-]1ccccc1. The van der Waals surface area contributed by atoms with E-state index >= 15 is 0 Å². The molecule has 1 atom stereocenters. The first-order chi connectivity index (χ1) is 22.4. The zero-order chi connectivity index (χ0) is 37.6. The van der Waals surface area contributed by atoms with E-state index in [-0.39, 0.29) is 53.9 Å². The summed E-state index contributed by atoms with van der Waals surface area (Å²) in [5, 5.41) is 0. The van der Waals surface area contributed by atoms with Gasteiger partial charge in [-0.15, -0.1) is 41.5 Å². The number of hydrogen-bond donors (Lipinski definition) is 0. The Bertz CT molecular complexity index is 1470. The summed E-state index contributed by atoms with van der Waals surface area (Å²) in [5.74, 6) is 0.587. The number of allylic oxidation sites excluding steroid dienone is 4. The summed E-state index contributed by atoms with van der Waals surface area (Å²) >= 11 is 1.30. The van der Waals surface area contributed by atoms with Crippen molar-refractivity contribution in [3.8, 4) is 11.1 Å². The van der Waals surface area contributed by atoms with Crippen molar-refractivity contribution in [2.75, 3.05) is 0 Å². The Morgan fingerprint density at radius 3 is 1.50 bits per heavy atom. The van der Waals surface area contributed by atoms with E-state index < -0.39 is 0 Å². The topological polar surface area (TPSA) is 0 Å². The van der Waals surface area contributed by atoms with E-state index in [0.717, 1.165) is 6.42 Å². The minimum atomic E-state index is 0. The molecule has 52 heavy (non-hydrogen) atoms. The Morgan fingerprint density at radius 2 is 1.13 bits per heavy atom. The van der Waals surface area contributed by atoms with Gasteiger partial charge in [-0.25, -0.2) is 6.08 Å². The van der Waals surface area contributed by atoms with Crippen LogP contribution in [0.4, 0.5) is 0 Å². The smallest absolute Gasteiger partial charge is 0.171 e. The van der Waals surface area contributed by atoms with Gasteiger partial charge < -0.3 is 7.43 Å². The molecule has 3 heteroatoms. The minimum absolute atomic E-state index is 0. The fourth-order valence-corrected chi connectivity index (χ4v) is 6.42. The Labute approximate surface area is 350 Å². The predicted molar refractivity (Wildman–Crippen MR) is 235 cm³/mol. The second kappa shape index (κ2) is 21.0. The van der Waals surface area contributed by atoms with E-state index in [1.54, 1.807) is 0 Å². The number of rotatable bonds is 2. The molecule has 0 saturated heterocycles. The molecule has 0 nitrogen and oxygen atoms in total. The summed E-state index contributed by atoms with van der Waals surface area (Å²) < 4.78 is 3.34. The van der Waals surface area contributed by atoms with E-state index in [9.17, 15) is 0 Å². The summed E-state index contributed by atoms with van der Waals surface area (Å²) in [6.45, 7) is 37.0. The molecule has 0 aliphatic heterocycles. The van der Waals surface area contributed by atoms with Crippen molar-refractivity contribution in [1.82, 2.24) is 0 Å². The molecule has 3 aromatic rings. The molecule has 0 aromatic heterocycles. The molecule has 0 N–H and O–H groups in total. The van der Waals surface area contributed by atoms with Crippen LogP contribution in [0, 0.1) is 37.0 Å². The Kier molecular flexibility index (Phi) is 21.2. The summed E-state index contributed by atoms with van der Waals surface area (Å²) in [6.07, 6.45) is 11.4. The van der Waals surface area contributed by atoms with Gasteiger partial charge in [-0.3, -0.25) is 6.08 Å². The summed E-state index contributed by atoms with van der Waals surface area (Å²) in [4.78, 5) is 0. The molecule has 0 saturated carbocycles. The third kappa shape index (κ3) is 14.6. The van der Waals surface area contributed by atoms with Gasteiger partial charge in [0.25, 0.3) is 0 Å². The van der Waals surface area contributed by atoms with Crippen LogP contribution < -0.4 is 0 Å². The van der Waals surface area contributed by atoms with Crippen molar-refractivity contribution < 1.29 is 24.2 Å². The Morgan fingerprint density at radius 1 is 0.654 bits per heavy atom. The molecule has 290 valence electrons. The van der Waals surface area contributed by atoms with Gasteiger partial charge in [0, 0.05) is 0 Å². The maximum absolute atomic E-state index is 3.90. The fraction of sp³-hybridized carbons (Fsp3) is 0.510. The van der Waals surface area contributed by atoms with Gasteiger partial charge in [-0.2, -0.15) is 65.7 Å². The van der Waals surface area contributed by atoms with Crippen LogP contribution in [-0.2, 0) is 52.3 Å². The van der Waals surface area contributed by atoms with Crippen LogP contribution in [0.15, 0.2) is 66.3 Å². The molecular weight excluding hydrogens is 751 g/mol. The van der Waals surface area contributed by atoms with E-state index in [1.165, 1.54) is 87.2 Å². The largest absolute Gasteiger partial charge is 0.358 e. The van der Waals surface area contributed by atoms with Crippen molar-refractivity contribution in [3.63, 3.8) is 0 Å². The van der Waals surface area contributed by atoms with Crippen LogP contribution in [0.2, 0.25) is 0 Å². The molecule has 0 bridgehead atoms. The molecule has 0 fully saturated rings. The molecule has 5 rings (SSSR count). The fourth-order valence-electron chi connectivity index (χ4n) is 6.42. The molecule has 0 amide bonds. The van der Waals surface area contributed by atoms with Crippen molar-refractivity contribution in [2.45, 2.75) is 152 Å². The predicted octanol–water partition coefficient (Wildman–Crippen LogP) is 14.7. The molecule has 1 unspecified atom stereocenters. The Hall–Kier alpha value is -1.53. The van der Waals surface area contributed by atoms with E-state index in [0.29, 0.717) is 11.3 Å². The monoisotopic (exact) mass is 820 g/mol. The summed E-state index contributed by atoms with van der Waals surface area (Å²) in [5.41, 5.74) is 13.7. The molecule has 0 spiro atoms. The van der Waals surface area contributed by atoms with Crippen LogP contribution >= 0.6 is 24.8 Å². The third-order valence-corrected chi connectivity index (χ3v) is 9.14. The third-order valence-electron chi connectivity index (χ3n) is 9.14. The quantitative estimate of drug-likeness (QED) is 0.177. The maximum atomic E-state index is 3.90. The minimum Gasteiger partial charge on any atom is -0.358 e. The molecule has 2 aliphatic carbocycles. The van der Waals surface area contributed by atoms with Gasteiger partial charge in [0.15, 0.2) is 0 Å². The van der Waals surface area contributed by atoms with Crippen molar-refractivity contribution in [3.05, 3.63) is 125 Å². The molecule has 0 heterocycles. The number of fused-ring (bicyclic) bond motifs is 3.